The van der Waals surface area contributed by atoms with E-state index in [1.807, 2.05) is 46.0 Å². The summed E-state index contributed by atoms with van der Waals surface area (Å²) in [4.78, 5) is 0. The van der Waals surface area contributed by atoms with Crippen molar-refractivity contribution in [3.8, 4) is 11.6 Å². The highest BCUT2D eigenvalue weighted by atomic mass is 16.5. The van der Waals surface area contributed by atoms with Crippen molar-refractivity contribution in [1.29, 1.82) is 0 Å². The molecule has 0 aliphatic heterocycles. The average Bonchev–Trinajstić information content (AvgIpc) is 2.80. The lowest BCUT2D eigenvalue weighted by atomic mass is 10.1. The van der Waals surface area contributed by atoms with Crippen LogP contribution in [0, 0.1) is 20.8 Å². The van der Waals surface area contributed by atoms with Gasteiger partial charge < -0.3 is 19.9 Å². The van der Waals surface area contributed by atoms with Gasteiger partial charge in [-0.25, -0.2) is 4.68 Å². The Morgan fingerprint density at radius 1 is 1.25 bits per heavy atom. The molecule has 0 amide bonds. The molecule has 24 heavy (non-hydrogen) atoms. The summed E-state index contributed by atoms with van der Waals surface area (Å²) in [6.07, 6.45) is -0.591. The molecular formula is C18H27N3O3. The monoisotopic (exact) mass is 333 g/mol. The Kier molecular flexibility index (Phi) is 6.23. The van der Waals surface area contributed by atoms with Crippen LogP contribution in [0.4, 0.5) is 0 Å². The second kappa shape index (κ2) is 8.17. The summed E-state index contributed by atoms with van der Waals surface area (Å²) in [6, 6.07) is 6.01. The average molecular weight is 333 g/mol. The third-order valence-electron chi connectivity index (χ3n) is 3.99. The molecule has 6 heteroatoms. The van der Waals surface area contributed by atoms with Crippen LogP contribution in [0.25, 0.3) is 0 Å². The van der Waals surface area contributed by atoms with E-state index < -0.39 is 6.10 Å². The minimum absolute atomic E-state index is 0.252. The molecule has 0 radical (unpaired) electrons. The number of ether oxygens (including phenoxy) is 2. The number of para-hydroxylation sites is 1. The van der Waals surface area contributed by atoms with E-state index in [9.17, 15) is 5.11 Å². The molecule has 1 heterocycles. The zero-order valence-electron chi connectivity index (χ0n) is 15.1. The van der Waals surface area contributed by atoms with Gasteiger partial charge in [0.25, 0.3) is 0 Å². The Balaban J connectivity index is 1.83. The highest BCUT2D eigenvalue weighted by molar-refractivity contribution is 5.39. The van der Waals surface area contributed by atoms with Crippen molar-refractivity contribution >= 4 is 0 Å². The summed E-state index contributed by atoms with van der Waals surface area (Å²) in [6.45, 7) is 7.22. The van der Waals surface area contributed by atoms with Gasteiger partial charge in [0.15, 0.2) is 0 Å². The van der Waals surface area contributed by atoms with Gasteiger partial charge in [-0.2, -0.15) is 5.10 Å². The van der Waals surface area contributed by atoms with Crippen LogP contribution in [0.2, 0.25) is 0 Å². The topological polar surface area (TPSA) is 68.5 Å². The molecule has 1 aromatic carbocycles. The van der Waals surface area contributed by atoms with Crippen molar-refractivity contribution in [2.45, 2.75) is 33.4 Å². The molecule has 0 fully saturated rings. The van der Waals surface area contributed by atoms with E-state index in [1.54, 1.807) is 11.8 Å². The molecule has 0 spiro atoms. The molecule has 0 unspecified atom stereocenters. The number of nitrogens with zero attached hydrogens (tertiary/aromatic N) is 2. The van der Waals surface area contributed by atoms with Gasteiger partial charge in [-0.1, -0.05) is 18.2 Å². The minimum atomic E-state index is -0.591. The number of aliphatic hydroxyl groups is 1. The number of nitrogens with one attached hydrogen (secondary N) is 1. The fourth-order valence-corrected chi connectivity index (χ4v) is 2.77. The first kappa shape index (κ1) is 18.3. The fourth-order valence-electron chi connectivity index (χ4n) is 2.77. The number of methoxy groups -OCH3 is 1. The Bertz CT molecular complexity index is 662. The quantitative estimate of drug-likeness (QED) is 0.772. The van der Waals surface area contributed by atoms with Gasteiger partial charge in [-0.05, 0) is 31.9 Å². The van der Waals surface area contributed by atoms with Gasteiger partial charge in [0, 0.05) is 20.1 Å². The van der Waals surface area contributed by atoms with Crippen LogP contribution in [0.5, 0.6) is 11.6 Å². The van der Waals surface area contributed by atoms with Gasteiger partial charge in [0.05, 0.1) is 18.4 Å². The van der Waals surface area contributed by atoms with Crippen LogP contribution in [-0.2, 0) is 13.6 Å². The second-order valence-corrected chi connectivity index (χ2v) is 6.01. The summed E-state index contributed by atoms with van der Waals surface area (Å²) in [5.74, 6) is 1.59. The van der Waals surface area contributed by atoms with Gasteiger partial charge in [-0.15, -0.1) is 0 Å². The number of aliphatic hydroxyl groups excluding tert-OH is 1. The van der Waals surface area contributed by atoms with Gasteiger partial charge in [-0.3, -0.25) is 0 Å². The van der Waals surface area contributed by atoms with Crippen LogP contribution in [0.1, 0.15) is 22.4 Å². The number of aryl methyl sites for hydroxylation is 4. The standard InChI is InChI=1S/C18H27N3O3/c1-12-7-6-8-13(2)17(12)24-11-15(22)9-19-10-16-14(3)20-21(4)18(16)23-5/h6-8,15,19,22H,9-11H2,1-5H3/t15-/m0/s1. The van der Waals surface area contributed by atoms with Crippen molar-refractivity contribution in [3.63, 3.8) is 0 Å². The van der Waals surface area contributed by atoms with Crippen LogP contribution >= 0.6 is 0 Å². The van der Waals surface area contributed by atoms with E-state index >= 15 is 0 Å². The molecule has 1 atom stereocenters. The maximum absolute atomic E-state index is 10.1. The predicted molar refractivity (Wildman–Crippen MR) is 93.6 cm³/mol. The highest BCUT2D eigenvalue weighted by Gasteiger charge is 2.14. The van der Waals surface area contributed by atoms with Crippen molar-refractivity contribution in [3.05, 3.63) is 40.6 Å². The van der Waals surface area contributed by atoms with Crippen LogP contribution in [0.15, 0.2) is 18.2 Å². The summed E-state index contributed by atoms with van der Waals surface area (Å²) in [7, 11) is 3.48. The summed E-state index contributed by atoms with van der Waals surface area (Å²) in [5, 5.41) is 17.7. The van der Waals surface area contributed by atoms with Crippen molar-refractivity contribution in [2.24, 2.45) is 7.05 Å². The third-order valence-corrected chi connectivity index (χ3v) is 3.99. The molecular weight excluding hydrogens is 306 g/mol. The van der Waals surface area contributed by atoms with E-state index in [0.717, 1.165) is 34.0 Å². The van der Waals surface area contributed by atoms with E-state index in [1.165, 1.54) is 0 Å². The van der Waals surface area contributed by atoms with Crippen molar-refractivity contribution in [2.75, 3.05) is 20.3 Å². The number of aromatic nitrogens is 2. The lowest BCUT2D eigenvalue weighted by Gasteiger charge is -2.16. The lowest BCUT2D eigenvalue weighted by Crippen LogP contribution is -2.31. The van der Waals surface area contributed by atoms with E-state index in [2.05, 4.69) is 10.4 Å². The molecule has 2 aromatic rings. The van der Waals surface area contributed by atoms with Gasteiger partial charge in [0.2, 0.25) is 5.88 Å². The molecule has 0 aliphatic rings. The van der Waals surface area contributed by atoms with Crippen molar-refractivity contribution in [1.82, 2.24) is 15.1 Å². The summed E-state index contributed by atoms with van der Waals surface area (Å²) >= 11 is 0. The highest BCUT2D eigenvalue weighted by Crippen LogP contribution is 2.22. The maximum Gasteiger partial charge on any atom is 0.216 e. The molecule has 0 saturated heterocycles. The molecule has 1 aromatic heterocycles. The molecule has 2 rings (SSSR count). The van der Waals surface area contributed by atoms with Gasteiger partial charge in [0.1, 0.15) is 18.5 Å². The first-order valence-electron chi connectivity index (χ1n) is 8.08. The maximum atomic E-state index is 10.1. The van der Waals surface area contributed by atoms with Crippen molar-refractivity contribution < 1.29 is 14.6 Å². The van der Waals surface area contributed by atoms with E-state index in [0.29, 0.717) is 13.1 Å². The SMILES string of the molecule is COc1c(CNC[C@H](O)COc2c(C)cccc2C)c(C)nn1C. The minimum Gasteiger partial charge on any atom is -0.490 e. The van der Waals surface area contributed by atoms with Crippen LogP contribution in [0.3, 0.4) is 0 Å². The molecule has 6 nitrogen and oxygen atoms in total. The smallest absolute Gasteiger partial charge is 0.216 e. The molecule has 0 aliphatic carbocycles. The predicted octanol–water partition coefficient (Wildman–Crippen LogP) is 1.88. The van der Waals surface area contributed by atoms with Gasteiger partial charge >= 0.3 is 0 Å². The Hall–Kier alpha value is -2.05. The normalized spacial score (nSPS) is 12.2. The second-order valence-electron chi connectivity index (χ2n) is 6.01. The molecule has 0 bridgehead atoms. The Morgan fingerprint density at radius 3 is 2.54 bits per heavy atom. The number of rotatable bonds is 8. The summed E-state index contributed by atoms with van der Waals surface area (Å²) < 4.78 is 12.8. The first-order chi connectivity index (χ1) is 11.4. The number of hydrogen-bond donors (Lipinski definition) is 2. The zero-order valence-corrected chi connectivity index (χ0v) is 15.1. The Labute approximate surface area is 143 Å². The van der Waals surface area contributed by atoms with Crippen LogP contribution < -0.4 is 14.8 Å². The van der Waals surface area contributed by atoms with E-state index in [-0.39, 0.29) is 6.61 Å². The van der Waals surface area contributed by atoms with E-state index in [4.69, 9.17) is 9.47 Å². The third kappa shape index (κ3) is 4.27. The first-order valence-corrected chi connectivity index (χ1v) is 8.08. The molecule has 0 saturated carbocycles. The molecule has 132 valence electrons. The fraction of sp³-hybridized carbons (Fsp3) is 0.500. The van der Waals surface area contributed by atoms with Crippen LogP contribution in [-0.4, -0.2) is 41.3 Å². The summed E-state index contributed by atoms with van der Waals surface area (Å²) in [5.41, 5.74) is 4.07. The number of benzene rings is 1. The Morgan fingerprint density at radius 2 is 1.92 bits per heavy atom. The largest absolute Gasteiger partial charge is 0.490 e. The molecule has 2 N–H and O–H groups in total. The lowest BCUT2D eigenvalue weighted by molar-refractivity contribution is 0.105. The zero-order chi connectivity index (χ0) is 17.7. The number of hydrogen-bond acceptors (Lipinski definition) is 5.